The molecule has 0 unspecified atom stereocenters. The van der Waals surface area contributed by atoms with Crippen LogP contribution in [-0.4, -0.2) is 65.3 Å². The number of carbonyl (C=O) groups excluding carboxylic acids is 1. The number of urea groups is 1. The van der Waals surface area contributed by atoms with Crippen molar-refractivity contribution in [3.63, 3.8) is 0 Å². The number of ether oxygens (including phenoxy) is 1. The summed E-state index contributed by atoms with van der Waals surface area (Å²) in [5, 5.41) is 7.34. The van der Waals surface area contributed by atoms with Gasteiger partial charge in [-0.1, -0.05) is 0 Å². The van der Waals surface area contributed by atoms with Crippen LogP contribution in [0.1, 0.15) is 5.56 Å². The second kappa shape index (κ2) is 8.60. The van der Waals surface area contributed by atoms with Gasteiger partial charge in [0, 0.05) is 56.3 Å². The fraction of sp³-hybridized carbons (Fsp3) is 0.333. The third-order valence-electron chi connectivity index (χ3n) is 5.21. The van der Waals surface area contributed by atoms with Crippen molar-refractivity contribution in [1.29, 1.82) is 0 Å². The molecule has 0 bridgehead atoms. The topological polar surface area (TPSA) is 118 Å². The number of carbonyl (C=O) groups is 1. The molecule has 0 radical (unpaired) electrons. The molecule has 2 amide bonds. The number of nitrogens with zero attached hydrogens (tertiary/aromatic N) is 4. The number of aromatic nitrogens is 3. The number of nitrogens with two attached hydrogens (primary N) is 1. The van der Waals surface area contributed by atoms with Gasteiger partial charge in [0.25, 0.3) is 0 Å². The van der Waals surface area contributed by atoms with Gasteiger partial charge in [-0.2, -0.15) is 0 Å². The SMILES string of the molecule is COCCN1CC(NC(=O)Nc2cc3cc(-c4cnccc4C)nc(N)c3cn2)C1. The lowest BCUT2D eigenvalue weighted by Crippen LogP contribution is -2.60. The standard InChI is InChI=1S/C21H25N7O2/c1-13-3-4-23-9-16(13)18-7-14-8-19(24-10-17(14)20(22)26-18)27-21(29)25-15-11-28(12-15)5-6-30-2/h3-4,7-10,15H,5-6,11-12H2,1-2H3,(H2,22,26)(H2,24,25,27,29). The van der Waals surface area contributed by atoms with Crippen LogP contribution in [0.25, 0.3) is 22.0 Å². The van der Waals surface area contributed by atoms with E-state index in [1.165, 1.54) is 0 Å². The van der Waals surface area contributed by atoms with Crippen molar-refractivity contribution in [1.82, 2.24) is 25.2 Å². The first kappa shape index (κ1) is 20.0. The number of fused-ring (bicyclic) bond motifs is 1. The van der Waals surface area contributed by atoms with E-state index in [4.69, 9.17) is 10.5 Å². The summed E-state index contributed by atoms with van der Waals surface area (Å²) in [6, 6.07) is 5.51. The van der Waals surface area contributed by atoms with Crippen LogP contribution in [0.2, 0.25) is 0 Å². The number of aryl methyl sites for hydroxylation is 1. The summed E-state index contributed by atoms with van der Waals surface area (Å²) in [6.45, 7) is 5.20. The summed E-state index contributed by atoms with van der Waals surface area (Å²) >= 11 is 0. The number of hydrogen-bond donors (Lipinski definition) is 3. The number of pyridine rings is 3. The molecule has 0 aliphatic carbocycles. The molecule has 0 atom stereocenters. The summed E-state index contributed by atoms with van der Waals surface area (Å²) in [6.07, 6.45) is 5.14. The normalized spacial score (nSPS) is 14.5. The van der Waals surface area contributed by atoms with Gasteiger partial charge >= 0.3 is 6.03 Å². The van der Waals surface area contributed by atoms with E-state index < -0.39 is 0 Å². The molecule has 4 N–H and O–H groups in total. The maximum atomic E-state index is 12.3. The van der Waals surface area contributed by atoms with E-state index in [1.807, 2.05) is 19.1 Å². The van der Waals surface area contributed by atoms with Crippen molar-refractivity contribution >= 4 is 28.4 Å². The van der Waals surface area contributed by atoms with Crippen LogP contribution < -0.4 is 16.4 Å². The van der Waals surface area contributed by atoms with Crippen LogP contribution in [0, 0.1) is 6.92 Å². The maximum absolute atomic E-state index is 12.3. The van der Waals surface area contributed by atoms with E-state index >= 15 is 0 Å². The third kappa shape index (κ3) is 4.32. The molecule has 1 fully saturated rings. The Balaban J connectivity index is 1.46. The van der Waals surface area contributed by atoms with Crippen LogP contribution in [0.15, 0.2) is 36.8 Å². The number of amides is 2. The monoisotopic (exact) mass is 407 g/mol. The molecule has 0 spiro atoms. The van der Waals surface area contributed by atoms with Crippen molar-refractivity contribution < 1.29 is 9.53 Å². The van der Waals surface area contributed by atoms with Crippen molar-refractivity contribution in [2.45, 2.75) is 13.0 Å². The highest BCUT2D eigenvalue weighted by atomic mass is 16.5. The summed E-state index contributed by atoms with van der Waals surface area (Å²) in [4.78, 5) is 27.5. The van der Waals surface area contributed by atoms with Gasteiger partial charge in [0.1, 0.15) is 11.6 Å². The van der Waals surface area contributed by atoms with Crippen LogP contribution in [0.5, 0.6) is 0 Å². The molecule has 30 heavy (non-hydrogen) atoms. The Hall–Kier alpha value is -3.30. The third-order valence-corrected chi connectivity index (χ3v) is 5.21. The molecular formula is C21H25N7O2. The highest BCUT2D eigenvalue weighted by Crippen LogP contribution is 2.28. The van der Waals surface area contributed by atoms with E-state index in [0.717, 1.165) is 47.2 Å². The maximum Gasteiger partial charge on any atom is 0.320 e. The quantitative estimate of drug-likeness (QED) is 0.572. The Morgan fingerprint density at radius 3 is 2.93 bits per heavy atom. The molecule has 9 nitrogen and oxygen atoms in total. The molecule has 9 heteroatoms. The minimum Gasteiger partial charge on any atom is -0.383 e. The molecular weight excluding hydrogens is 382 g/mol. The number of nitrogen functional groups attached to an aromatic ring is 1. The molecule has 3 aromatic heterocycles. The van der Waals surface area contributed by atoms with E-state index in [9.17, 15) is 4.79 Å². The Bertz CT molecular complexity index is 1070. The minimum absolute atomic E-state index is 0.127. The van der Waals surface area contributed by atoms with Gasteiger partial charge in [0.05, 0.1) is 18.3 Å². The van der Waals surface area contributed by atoms with Crippen LogP contribution in [-0.2, 0) is 4.74 Å². The van der Waals surface area contributed by atoms with Crippen LogP contribution in [0.3, 0.4) is 0 Å². The van der Waals surface area contributed by atoms with Crippen molar-refractivity contribution in [3.8, 4) is 11.3 Å². The lowest BCUT2D eigenvalue weighted by Gasteiger charge is -2.39. The highest BCUT2D eigenvalue weighted by molar-refractivity contribution is 5.97. The van der Waals surface area contributed by atoms with Crippen molar-refractivity contribution in [3.05, 3.63) is 42.4 Å². The smallest absolute Gasteiger partial charge is 0.320 e. The first-order valence-electron chi connectivity index (χ1n) is 9.79. The van der Waals surface area contributed by atoms with Gasteiger partial charge < -0.3 is 15.8 Å². The van der Waals surface area contributed by atoms with Gasteiger partial charge in [-0.3, -0.25) is 15.2 Å². The van der Waals surface area contributed by atoms with Gasteiger partial charge in [0.15, 0.2) is 0 Å². The second-order valence-corrected chi connectivity index (χ2v) is 7.42. The summed E-state index contributed by atoms with van der Waals surface area (Å²) < 4.78 is 5.06. The largest absolute Gasteiger partial charge is 0.383 e. The van der Waals surface area contributed by atoms with Gasteiger partial charge in [0.2, 0.25) is 0 Å². The molecule has 0 saturated carbocycles. The van der Waals surface area contributed by atoms with E-state index in [-0.39, 0.29) is 12.1 Å². The minimum atomic E-state index is -0.274. The first-order chi connectivity index (χ1) is 14.5. The molecule has 4 heterocycles. The zero-order chi connectivity index (χ0) is 21.1. The number of hydrogen-bond acceptors (Lipinski definition) is 7. The summed E-state index contributed by atoms with van der Waals surface area (Å²) in [5.41, 5.74) is 8.86. The number of nitrogens with one attached hydrogen (secondary N) is 2. The summed E-state index contributed by atoms with van der Waals surface area (Å²) in [7, 11) is 1.68. The van der Waals surface area contributed by atoms with Crippen molar-refractivity contribution in [2.24, 2.45) is 0 Å². The first-order valence-corrected chi connectivity index (χ1v) is 9.79. The predicted octanol–water partition coefficient (Wildman–Crippen LogP) is 2.03. The molecule has 3 aromatic rings. The summed E-state index contributed by atoms with van der Waals surface area (Å²) in [5.74, 6) is 0.842. The lowest BCUT2D eigenvalue weighted by molar-refractivity contribution is 0.0867. The molecule has 1 aliphatic heterocycles. The van der Waals surface area contributed by atoms with Crippen LogP contribution >= 0.6 is 0 Å². The average Bonchev–Trinajstić information content (AvgIpc) is 2.69. The van der Waals surface area contributed by atoms with E-state index in [2.05, 4.69) is 30.5 Å². The Labute approximate surface area is 174 Å². The van der Waals surface area contributed by atoms with Crippen molar-refractivity contribution in [2.75, 3.05) is 44.4 Å². The second-order valence-electron chi connectivity index (χ2n) is 7.42. The molecule has 0 aromatic carbocycles. The Morgan fingerprint density at radius 1 is 1.33 bits per heavy atom. The number of likely N-dealkylation sites (tertiary alicyclic amines) is 1. The fourth-order valence-electron chi connectivity index (χ4n) is 3.51. The Kier molecular flexibility index (Phi) is 5.73. The van der Waals surface area contributed by atoms with Crippen LogP contribution in [0.4, 0.5) is 16.4 Å². The average molecular weight is 407 g/mol. The van der Waals surface area contributed by atoms with E-state index in [1.54, 1.807) is 31.8 Å². The fourth-order valence-corrected chi connectivity index (χ4v) is 3.51. The molecule has 4 rings (SSSR count). The number of rotatable bonds is 6. The number of methoxy groups -OCH3 is 1. The number of anilines is 2. The molecule has 1 aliphatic rings. The molecule has 1 saturated heterocycles. The highest BCUT2D eigenvalue weighted by Gasteiger charge is 2.27. The zero-order valence-corrected chi connectivity index (χ0v) is 17.1. The van der Waals surface area contributed by atoms with Gasteiger partial charge in [-0.25, -0.2) is 14.8 Å². The predicted molar refractivity (Wildman–Crippen MR) is 116 cm³/mol. The van der Waals surface area contributed by atoms with E-state index in [0.29, 0.717) is 18.2 Å². The zero-order valence-electron chi connectivity index (χ0n) is 17.1. The lowest BCUT2D eigenvalue weighted by atomic mass is 10.1. The van der Waals surface area contributed by atoms with Gasteiger partial charge in [-0.05, 0) is 36.1 Å². The molecule has 156 valence electrons. The van der Waals surface area contributed by atoms with Gasteiger partial charge in [-0.15, -0.1) is 0 Å². The Morgan fingerprint density at radius 2 is 2.17 bits per heavy atom.